The van der Waals surface area contributed by atoms with Gasteiger partial charge in [0.05, 0.1) is 11.5 Å². The van der Waals surface area contributed by atoms with Crippen LogP contribution in [0.2, 0.25) is 0 Å². The van der Waals surface area contributed by atoms with Crippen LogP contribution < -0.4 is 0 Å². The molecule has 3 fully saturated rings. The highest BCUT2D eigenvalue weighted by atomic mass is 16.4. The number of carboxylic acids is 1. The van der Waals surface area contributed by atoms with Crippen molar-refractivity contribution in [3.8, 4) is 0 Å². The first kappa shape index (κ1) is 22.7. The summed E-state index contributed by atoms with van der Waals surface area (Å²) in [4.78, 5) is 12.4. The molecule has 32 heavy (non-hydrogen) atoms. The Balaban J connectivity index is 1.65. The van der Waals surface area contributed by atoms with E-state index in [1.165, 1.54) is 32.1 Å². The molecule has 0 amide bonds. The van der Waals surface area contributed by atoms with Gasteiger partial charge in [-0.1, -0.05) is 71.3 Å². The molecule has 0 bridgehead atoms. The Hall–Kier alpha value is -1.09. The molecule has 0 aromatic heterocycles. The summed E-state index contributed by atoms with van der Waals surface area (Å²) in [5.41, 5.74) is 0.939. The molecule has 2 N–H and O–H groups in total. The number of hydrogen-bond donors (Lipinski definition) is 2. The SMILES string of the molecule is C[C@H]1CCC[C@]2(C)CC[C@]3(C)C(=CC(O)[C@@H]4[C@@]5(C)CC=C[C@](C)(C(=O)O)[C@@H]5CC[C@]43C)[C@H]12. The van der Waals surface area contributed by atoms with Crippen LogP contribution in [0.4, 0.5) is 0 Å². The summed E-state index contributed by atoms with van der Waals surface area (Å²) in [6.07, 6.45) is 15.1. The van der Waals surface area contributed by atoms with Gasteiger partial charge in [-0.2, -0.15) is 0 Å². The summed E-state index contributed by atoms with van der Waals surface area (Å²) in [5, 5.41) is 22.0. The van der Waals surface area contributed by atoms with Crippen molar-refractivity contribution < 1.29 is 15.0 Å². The summed E-state index contributed by atoms with van der Waals surface area (Å²) < 4.78 is 0. The lowest BCUT2D eigenvalue weighted by molar-refractivity contribution is -0.199. The highest BCUT2D eigenvalue weighted by molar-refractivity contribution is 5.77. The van der Waals surface area contributed by atoms with Crippen LogP contribution in [0.3, 0.4) is 0 Å². The fourth-order valence-corrected chi connectivity index (χ4v) is 10.4. The standard InChI is InChI=1S/C29H44O3/c1-18-9-7-11-25(2)15-16-28(5)19(22(18)25)17-20(30)23-26(3)12-8-13-27(4,24(31)32)21(26)10-14-29(23,28)6/h8,13,17-18,20-23,30H,7,9-12,14-16H2,1-6H3,(H,31,32)/t18-,20?,21+,22-,23+,25+,26-,27-,28+,29+/m0/s1. The van der Waals surface area contributed by atoms with Gasteiger partial charge >= 0.3 is 5.97 Å². The molecular formula is C29H44O3. The van der Waals surface area contributed by atoms with Crippen LogP contribution in [-0.4, -0.2) is 22.3 Å². The Morgan fingerprint density at radius 1 is 1.03 bits per heavy atom. The zero-order valence-corrected chi connectivity index (χ0v) is 21.1. The third kappa shape index (κ3) is 2.55. The fourth-order valence-electron chi connectivity index (χ4n) is 10.4. The van der Waals surface area contributed by atoms with E-state index in [0.29, 0.717) is 17.3 Å². The van der Waals surface area contributed by atoms with Crippen molar-refractivity contribution in [2.24, 2.45) is 50.7 Å². The molecule has 3 saturated carbocycles. The van der Waals surface area contributed by atoms with Gasteiger partial charge in [0.2, 0.25) is 0 Å². The average molecular weight is 441 g/mol. The molecule has 5 aliphatic rings. The first-order valence-electron chi connectivity index (χ1n) is 13.1. The predicted octanol–water partition coefficient (Wildman–Crippen LogP) is 6.62. The third-order valence-electron chi connectivity index (χ3n) is 12.2. The zero-order chi connectivity index (χ0) is 23.3. The van der Waals surface area contributed by atoms with E-state index in [1.807, 2.05) is 13.0 Å². The molecule has 178 valence electrons. The molecule has 1 unspecified atom stereocenters. The Labute approximate surface area is 194 Å². The topological polar surface area (TPSA) is 57.5 Å². The minimum Gasteiger partial charge on any atom is -0.481 e. The van der Waals surface area contributed by atoms with Crippen molar-refractivity contribution in [3.63, 3.8) is 0 Å². The van der Waals surface area contributed by atoms with E-state index >= 15 is 0 Å². The first-order chi connectivity index (χ1) is 14.8. The number of aliphatic hydroxyl groups is 1. The van der Waals surface area contributed by atoms with Gasteiger partial charge in [-0.3, -0.25) is 4.79 Å². The maximum Gasteiger partial charge on any atom is 0.313 e. The van der Waals surface area contributed by atoms with Crippen molar-refractivity contribution in [1.82, 2.24) is 0 Å². The summed E-state index contributed by atoms with van der Waals surface area (Å²) >= 11 is 0. The summed E-state index contributed by atoms with van der Waals surface area (Å²) in [6.45, 7) is 14.1. The molecule has 3 nitrogen and oxygen atoms in total. The minimum atomic E-state index is -0.845. The van der Waals surface area contributed by atoms with Crippen molar-refractivity contribution in [3.05, 3.63) is 23.8 Å². The van der Waals surface area contributed by atoms with Crippen molar-refractivity contribution >= 4 is 5.97 Å². The van der Waals surface area contributed by atoms with Crippen molar-refractivity contribution in [1.29, 1.82) is 0 Å². The average Bonchev–Trinajstić information content (AvgIpc) is 2.69. The Morgan fingerprint density at radius 2 is 1.75 bits per heavy atom. The van der Waals surface area contributed by atoms with E-state index in [0.717, 1.165) is 19.3 Å². The van der Waals surface area contributed by atoms with Crippen LogP contribution in [0.1, 0.15) is 92.9 Å². The lowest BCUT2D eigenvalue weighted by Gasteiger charge is -2.71. The molecule has 0 spiro atoms. The van der Waals surface area contributed by atoms with Gasteiger partial charge in [0.1, 0.15) is 0 Å². The van der Waals surface area contributed by atoms with Gasteiger partial charge in [-0.25, -0.2) is 0 Å². The van der Waals surface area contributed by atoms with Gasteiger partial charge in [0.15, 0.2) is 0 Å². The normalized spacial score (nSPS) is 56.8. The van der Waals surface area contributed by atoms with Crippen molar-refractivity contribution in [2.45, 2.75) is 99.0 Å². The second-order valence-corrected chi connectivity index (χ2v) is 13.6. The Morgan fingerprint density at radius 3 is 2.44 bits per heavy atom. The number of carboxylic acid groups (broad SMARTS) is 1. The molecule has 0 saturated heterocycles. The Kier molecular flexibility index (Phi) is 4.78. The van der Waals surface area contributed by atoms with Crippen LogP contribution in [0, 0.1) is 50.7 Å². The molecule has 0 aromatic carbocycles. The highest BCUT2D eigenvalue weighted by Gasteiger charge is 2.69. The van der Waals surface area contributed by atoms with E-state index < -0.39 is 17.5 Å². The van der Waals surface area contributed by atoms with Crippen LogP contribution in [0.5, 0.6) is 0 Å². The van der Waals surface area contributed by atoms with Crippen LogP contribution in [0.15, 0.2) is 23.8 Å². The van der Waals surface area contributed by atoms with E-state index in [9.17, 15) is 15.0 Å². The first-order valence-corrected chi connectivity index (χ1v) is 13.1. The maximum absolute atomic E-state index is 12.4. The number of aliphatic carboxylic acids is 1. The number of fused-ring (bicyclic) bond motifs is 7. The smallest absolute Gasteiger partial charge is 0.313 e. The maximum atomic E-state index is 12.4. The van der Waals surface area contributed by atoms with Gasteiger partial charge < -0.3 is 10.2 Å². The third-order valence-corrected chi connectivity index (χ3v) is 12.2. The summed E-state index contributed by atoms with van der Waals surface area (Å²) in [7, 11) is 0. The van der Waals surface area contributed by atoms with E-state index in [1.54, 1.807) is 5.57 Å². The highest BCUT2D eigenvalue weighted by Crippen LogP contribution is 2.75. The predicted molar refractivity (Wildman–Crippen MR) is 128 cm³/mol. The van der Waals surface area contributed by atoms with Gasteiger partial charge in [0.25, 0.3) is 0 Å². The number of allylic oxidation sites excluding steroid dienone is 2. The second kappa shape index (κ2) is 6.74. The lowest BCUT2D eigenvalue weighted by Crippen LogP contribution is -2.66. The monoisotopic (exact) mass is 440 g/mol. The number of carbonyl (C=O) groups is 1. The number of hydrogen-bond acceptors (Lipinski definition) is 2. The number of rotatable bonds is 1. The van der Waals surface area contributed by atoms with Gasteiger partial charge in [0, 0.05) is 5.92 Å². The van der Waals surface area contributed by atoms with E-state index in [2.05, 4.69) is 46.8 Å². The number of aliphatic hydroxyl groups excluding tert-OH is 1. The van der Waals surface area contributed by atoms with E-state index in [4.69, 9.17) is 0 Å². The van der Waals surface area contributed by atoms with Crippen LogP contribution in [0.25, 0.3) is 0 Å². The lowest BCUT2D eigenvalue weighted by atomic mass is 9.34. The molecule has 0 radical (unpaired) electrons. The molecule has 0 aliphatic heterocycles. The summed E-state index contributed by atoms with van der Waals surface area (Å²) in [5.74, 6) is 0.682. The quantitative estimate of drug-likeness (QED) is 0.451. The largest absolute Gasteiger partial charge is 0.481 e. The molecule has 5 aliphatic carbocycles. The molecule has 0 heterocycles. The van der Waals surface area contributed by atoms with Crippen LogP contribution in [-0.2, 0) is 4.79 Å². The summed E-state index contributed by atoms with van der Waals surface area (Å²) in [6, 6.07) is 0. The van der Waals surface area contributed by atoms with Gasteiger partial charge in [-0.05, 0) is 84.9 Å². The Bertz CT molecular complexity index is 889. The molecule has 10 atom stereocenters. The van der Waals surface area contributed by atoms with Gasteiger partial charge in [-0.15, -0.1) is 0 Å². The zero-order valence-electron chi connectivity index (χ0n) is 21.1. The molecular weight excluding hydrogens is 396 g/mol. The molecule has 3 heteroatoms. The molecule has 0 aromatic rings. The molecule has 5 rings (SSSR count). The minimum absolute atomic E-state index is 0.00909. The van der Waals surface area contributed by atoms with Crippen LogP contribution >= 0.6 is 0 Å². The van der Waals surface area contributed by atoms with E-state index in [-0.39, 0.29) is 28.1 Å². The van der Waals surface area contributed by atoms with Crippen molar-refractivity contribution in [2.75, 3.05) is 0 Å². The fraction of sp³-hybridized carbons (Fsp3) is 0.828. The second-order valence-electron chi connectivity index (χ2n) is 13.6.